The van der Waals surface area contributed by atoms with Gasteiger partial charge in [0.15, 0.2) is 0 Å². The third-order valence-corrected chi connectivity index (χ3v) is 6.33. The Morgan fingerprint density at radius 3 is 2.24 bits per heavy atom. The molecule has 7 heteroatoms. The van der Waals surface area contributed by atoms with Crippen molar-refractivity contribution in [2.75, 3.05) is 13.1 Å². The predicted octanol–water partition coefficient (Wildman–Crippen LogP) is 4.58. The summed E-state index contributed by atoms with van der Waals surface area (Å²) in [5.74, 6) is 0.631. The molecule has 1 aromatic heterocycles. The largest absolute Gasteiger partial charge is 0.465 e. The predicted molar refractivity (Wildman–Crippen MR) is 126 cm³/mol. The molecule has 1 aliphatic carbocycles. The fourth-order valence-electron chi connectivity index (χ4n) is 4.43. The molecule has 0 aliphatic heterocycles. The van der Waals surface area contributed by atoms with E-state index in [9.17, 15) is 9.59 Å². The average Bonchev–Trinajstić information content (AvgIpc) is 2.86. The maximum Gasteiger partial charge on any atom is 0.404 e. The van der Waals surface area contributed by atoms with Gasteiger partial charge in [0.2, 0.25) is 0 Å². The second-order valence-corrected chi connectivity index (χ2v) is 8.54. The van der Waals surface area contributed by atoms with Gasteiger partial charge in [-0.2, -0.15) is 5.26 Å². The van der Waals surface area contributed by atoms with Crippen LogP contribution in [0.4, 0.5) is 4.79 Å². The zero-order valence-electron chi connectivity index (χ0n) is 18.3. The van der Waals surface area contributed by atoms with Gasteiger partial charge < -0.3 is 15.7 Å². The highest BCUT2D eigenvalue weighted by atomic mass is 16.4. The number of carboxylic acid groups (broad SMARTS) is 1. The summed E-state index contributed by atoms with van der Waals surface area (Å²) in [7, 11) is 0. The van der Waals surface area contributed by atoms with Gasteiger partial charge >= 0.3 is 6.09 Å². The second-order valence-electron chi connectivity index (χ2n) is 8.54. The number of rotatable bonds is 6. The minimum Gasteiger partial charge on any atom is -0.465 e. The number of para-hydroxylation sites is 1. The molecular formula is C26H26N4O3. The third kappa shape index (κ3) is 5.47. The number of hydrogen-bond donors (Lipinski definition) is 3. The van der Waals surface area contributed by atoms with E-state index >= 15 is 0 Å². The van der Waals surface area contributed by atoms with E-state index in [1.165, 1.54) is 0 Å². The quantitative estimate of drug-likeness (QED) is 0.517. The van der Waals surface area contributed by atoms with Crippen molar-refractivity contribution in [3.05, 3.63) is 65.7 Å². The molecule has 1 heterocycles. The molecule has 0 spiro atoms. The topological polar surface area (TPSA) is 115 Å². The lowest BCUT2D eigenvalue weighted by Gasteiger charge is -2.28. The third-order valence-electron chi connectivity index (χ3n) is 6.33. The van der Waals surface area contributed by atoms with E-state index in [-0.39, 0.29) is 5.91 Å². The van der Waals surface area contributed by atoms with Crippen LogP contribution in [0.5, 0.6) is 0 Å². The summed E-state index contributed by atoms with van der Waals surface area (Å²) in [6, 6.07) is 18.7. The van der Waals surface area contributed by atoms with Crippen molar-refractivity contribution in [2.45, 2.75) is 25.7 Å². The van der Waals surface area contributed by atoms with Crippen molar-refractivity contribution >= 4 is 22.9 Å². The van der Waals surface area contributed by atoms with Crippen LogP contribution < -0.4 is 10.6 Å². The number of fused-ring (bicyclic) bond motifs is 1. The molecule has 1 fully saturated rings. The first-order valence-electron chi connectivity index (χ1n) is 11.2. The molecule has 3 aromatic rings. The number of pyridine rings is 1. The van der Waals surface area contributed by atoms with Crippen molar-refractivity contribution < 1.29 is 14.7 Å². The number of nitrogens with zero attached hydrogens (tertiary/aromatic N) is 2. The number of nitriles is 1. The standard InChI is InChI=1S/C26H26N4O3/c27-14-17-9-11-20(12-10-17)24-13-22(21-3-1-2-4-23(21)30-24)25(31)28-15-18-5-7-19(8-6-18)16-29-26(32)33/h1-4,9-13,18-19,29H,5-8,15-16H2,(H,28,31)(H,32,33)/t18-,19-. The summed E-state index contributed by atoms with van der Waals surface area (Å²) < 4.78 is 0. The van der Waals surface area contributed by atoms with Crippen molar-refractivity contribution in [3.8, 4) is 17.3 Å². The van der Waals surface area contributed by atoms with Crippen LogP contribution in [-0.4, -0.2) is 35.2 Å². The van der Waals surface area contributed by atoms with Crippen molar-refractivity contribution in [1.29, 1.82) is 5.26 Å². The Hall–Kier alpha value is -3.92. The van der Waals surface area contributed by atoms with Crippen molar-refractivity contribution in [2.24, 2.45) is 11.8 Å². The van der Waals surface area contributed by atoms with E-state index < -0.39 is 6.09 Å². The van der Waals surface area contributed by atoms with Gasteiger partial charge in [0.25, 0.3) is 5.91 Å². The molecule has 0 bridgehead atoms. The minimum absolute atomic E-state index is 0.127. The zero-order chi connectivity index (χ0) is 23.2. The maximum atomic E-state index is 13.2. The van der Waals surface area contributed by atoms with E-state index in [0.29, 0.717) is 41.7 Å². The van der Waals surface area contributed by atoms with Gasteiger partial charge in [-0.3, -0.25) is 4.79 Å². The summed E-state index contributed by atoms with van der Waals surface area (Å²) in [5.41, 5.74) is 3.44. The van der Waals surface area contributed by atoms with Gasteiger partial charge in [-0.1, -0.05) is 30.3 Å². The Labute approximate surface area is 192 Å². The highest BCUT2D eigenvalue weighted by molar-refractivity contribution is 6.07. The van der Waals surface area contributed by atoms with Crippen molar-refractivity contribution in [3.63, 3.8) is 0 Å². The molecule has 7 nitrogen and oxygen atoms in total. The molecule has 0 radical (unpaired) electrons. The summed E-state index contributed by atoms with van der Waals surface area (Å²) >= 11 is 0. The number of carbonyl (C=O) groups is 2. The van der Waals surface area contributed by atoms with Crippen LogP contribution in [0.15, 0.2) is 54.6 Å². The van der Waals surface area contributed by atoms with Crippen molar-refractivity contribution in [1.82, 2.24) is 15.6 Å². The number of carbonyl (C=O) groups excluding carboxylic acids is 1. The molecule has 2 aromatic carbocycles. The first-order chi connectivity index (χ1) is 16.0. The van der Waals surface area contributed by atoms with Gasteiger partial charge in [0.05, 0.1) is 28.4 Å². The minimum atomic E-state index is -0.977. The Balaban J connectivity index is 1.46. The van der Waals surface area contributed by atoms with Crippen LogP contribution in [0.25, 0.3) is 22.2 Å². The first kappa shape index (κ1) is 22.3. The van der Waals surface area contributed by atoms with Gasteiger partial charge in [-0.25, -0.2) is 9.78 Å². The molecule has 1 saturated carbocycles. The molecule has 0 saturated heterocycles. The summed E-state index contributed by atoms with van der Waals surface area (Å²) in [4.78, 5) is 28.6. The molecule has 4 rings (SSSR count). The summed E-state index contributed by atoms with van der Waals surface area (Å²) in [5, 5.41) is 24.2. The van der Waals surface area contributed by atoms with Crippen LogP contribution in [0, 0.1) is 23.2 Å². The molecule has 33 heavy (non-hydrogen) atoms. The van der Waals surface area contributed by atoms with E-state index in [1.807, 2.05) is 42.5 Å². The van der Waals surface area contributed by atoms with E-state index in [1.54, 1.807) is 12.1 Å². The van der Waals surface area contributed by atoms with Crippen LogP contribution in [0.2, 0.25) is 0 Å². The van der Waals surface area contributed by atoms with Crippen LogP contribution >= 0.6 is 0 Å². The zero-order valence-corrected chi connectivity index (χ0v) is 18.3. The maximum absolute atomic E-state index is 13.2. The number of nitrogens with one attached hydrogen (secondary N) is 2. The molecule has 168 valence electrons. The fraction of sp³-hybridized carbons (Fsp3) is 0.308. The highest BCUT2D eigenvalue weighted by Crippen LogP contribution is 2.29. The van der Waals surface area contributed by atoms with Gasteiger partial charge in [-0.15, -0.1) is 0 Å². The monoisotopic (exact) mass is 442 g/mol. The van der Waals surface area contributed by atoms with Crippen LogP contribution in [-0.2, 0) is 0 Å². The Bertz CT molecular complexity index is 1190. The van der Waals surface area contributed by atoms with E-state index in [4.69, 9.17) is 15.4 Å². The van der Waals surface area contributed by atoms with Gasteiger partial charge in [0.1, 0.15) is 0 Å². The lowest BCUT2D eigenvalue weighted by Crippen LogP contribution is -2.34. The average molecular weight is 443 g/mol. The second kappa shape index (κ2) is 10.1. The lowest BCUT2D eigenvalue weighted by atomic mass is 9.82. The molecular weight excluding hydrogens is 416 g/mol. The lowest BCUT2D eigenvalue weighted by molar-refractivity contribution is 0.0942. The van der Waals surface area contributed by atoms with Crippen LogP contribution in [0.1, 0.15) is 41.6 Å². The first-order valence-corrected chi connectivity index (χ1v) is 11.2. The molecule has 1 aliphatic rings. The SMILES string of the molecule is N#Cc1ccc(-c2cc(C(=O)NC[C@H]3CC[C@H](CNC(=O)O)CC3)c3ccccc3n2)cc1. The van der Waals surface area contributed by atoms with Crippen LogP contribution in [0.3, 0.4) is 0 Å². The smallest absolute Gasteiger partial charge is 0.404 e. The normalized spacial score (nSPS) is 17.8. The summed E-state index contributed by atoms with van der Waals surface area (Å²) in [6.45, 7) is 1.09. The molecule has 0 unspecified atom stereocenters. The Morgan fingerprint density at radius 1 is 0.970 bits per heavy atom. The van der Waals surface area contributed by atoms with Gasteiger partial charge in [-0.05, 0) is 61.8 Å². The number of benzene rings is 2. The van der Waals surface area contributed by atoms with E-state index in [2.05, 4.69) is 16.7 Å². The Kier molecular flexibility index (Phi) is 6.84. The molecule has 2 amide bonds. The number of aromatic nitrogens is 1. The van der Waals surface area contributed by atoms with E-state index in [0.717, 1.165) is 42.1 Å². The Morgan fingerprint density at radius 2 is 1.61 bits per heavy atom. The number of hydrogen-bond acceptors (Lipinski definition) is 4. The van der Waals surface area contributed by atoms with Gasteiger partial charge in [0, 0.05) is 24.0 Å². The fourth-order valence-corrected chi connectivity index (χ4v) is 4.43. The molecule has 3 N–H and O–H groups in total. The highest BCUT2D eigenvalue weighted by Gasteiger charge is 2.22. The molecule has 0 atom stereocenters. The number of amides is 2. The summed E-state index contributed by atoms with van der Waals surface area (Å²) in [6.07, 6.45) is 2.89.